The summed E-state index contributed by atoms with van der Waals surface area (Å²) in [6.45, 7) is 2.69. The SMILES string of the molecule is CCN(C(=O)COC(=O)Cc1ccc(N2CCCC2=O)cc1)c1nc2ccccc2s1. The molecule has 0 bridgehead atoms. The third-order valence-corrected chi connectivity index (χ3v) is 6.22. The van der Waals surface area contributed by atoms with Crippen molar-refractivity contribution in [1.29, 1.82) is 0 Å². The molecular weight excluding hydrogens is 414 g/mol. The van der Waals surface area contributed by atoms with Crippen LogP contribution in [0.3, 0.4) is 0 Å². The molecular formula is C23H23N3O4S. The van der Waals surface area contributed by atoms with Crippen molar-refractivity contribution in [3.63, 3.8) is 0 Å². The van der Waals surface area contributed by atoms with Gasteiger partial charge in [0, 0.05) is 25.2 Å². The molecule has 1 saturated heterocycles. The van der Waals surface area contributed by atoms with Crippen LogP contribution in [0.1, 0.15) is 25.3 Å². The van der Waals surface area contributed by atoms with Crippen LogP contribution in [-0.2, 0) is 25.5 Å². The van der Waals surface area contributed by atoms with Crippen molar-refractivity contribution < 1.29 is 19.1 Å². The molecule has 2 heterocycles. The molecule has 0 radical (unpaired) electrons. The fraction of sp³-hybridized carbons (Fsp3) is 0.304. The summed E-state index contributed by atoms with van der Waals surface area (Å²) in [6.07, 6.45) is 1.51. The Bertz CT molecular complexity index is 1080. The highest BCUT2D eigenvalue weighted by Gasteiger charge is 2.22. The lowest BCUT2D eigenvalue weighted by Crippen LogP contribution is -2.34. The Morgan fingerprint density at radius 3 is 2.61 bits per heavy atom. The van der Waals surface area contributed by atoms with Gasteiger partial charge in [-0.1, -0.05) is 35.6 Å². The van der Waals surface area contributed by atoms with E-state index in [9.17, 15) is 14.4 Å². The van der Waals surface area contributed by atoms with Crippen LogP contribution in [0.15, 0.2) is 48.5 Å². The molecule has 0 N–H and O–H groups in total. The molecule has 7 nitrogen and oxygen atoms in total. The van der Waals surface area contributed by atoms with Gasteiger partial charge in [-0.3, -0.25) is 19.3 Å². The van der Waals surface area contributed by atoms with Gasteiger partial charge in [-0.2, -0.15) is 0 Å². The minimum absolute atomic E-state index is 0.0643. The Labute approximate surface area is 184 Å². The first-order chi connectivity index (χ1) is 15.0. The highest BCUT2D eigenvalue weighted by molar-refractivity contribution is 7.22. The number of ether oxygens (including phenoxy) is 1. The van der Waals surface area contributed by atoms with E-state index in [1.54, 1.807) is 4.90 Å². The Morgan fingerprint density at radius 2 is 1.94 bits per heavy atom. The molecule has 1 fully saturated rings. The normalized spacial score (nSPS) is 13.6. The van der Waals surface area contributed by atoms with Gasteiger partial charge in [0.2, 0.25) is 5.91 Å². The maximum Gasteiger partial charge on any atom is 0.310 e. The van der Waals surface area contributed by atoms with Crippen molar-refractivity contribution in [2.75, 3.05) is 29.5 Å². The second-order valence-electron chi connectivity index (χ2n) is 7.25. The molecule has 1 aliphatic heterocycles. The number of carbonyl (C=O) groups is 3. The van der Waals surface area contributed by atoms with Gasteiger partial charge < -0.3 is 9.64 Å². The van der Waals surface area contributed by atoms with Gasteiger partial charge in [0.25, 0.3) is 5.91 Å². The van der Waals surface area contributed by atoms with Gasteiger partial charge >= 0.3 is 5.97 Å². The average molecular weight is 438 g/mol. The third-order valence-electron chi connectivity index (χ3n) is 5.16. The van der Waals surface area contributed by atoms with Crippen molar-refractivity contribution in [2.24, 2.45) is 0 Å². The molecule has 0 aliphatic carbocycles. The van der Waals surface area contributed by atoms with Crippen molar-refractivity contribution in [2.45, 2.75) is 26.2 Å². The van der Waals surface area contributed by atoms with E-state index in [4.69, 9.17) is 4.74 Å². The molecule has 0 saturated carbocycles. The standard InChI is InChI=1S/C23H23N3O4S/c1-2-25(23-24-18-6-3-4-7-19(18)31-23)21(28)15-30-22(29)14-16-9-11-17(12-10-16)26-13-5-8-20(26)27/h3-4,6-7,9-12H,2,5,8,13-15H2,1H3. The van der Waals surface area contributed by atoms with E-state index in [0.717, 1.165) is 34.4 Å². The fourth-order valence-electron chi connectivity index (χ4n) is 3.55. The number of esters is 1. The van der Waals surface area contributed by atoms with Crippen molar-refractivity contribution in [3.05, 3.63) is 54.1 Å². The lowest BCUT2D eigenvalue weighted by molar-refractivity contribution is -0.147. The van der Waals surface area contributed by atoms with E-state index in [-0.39, 0.29) is 24.8 Å². The van der Waals surface area contributed by atoms with Gasteiger partial charge in [-0.25, -0.2) is 4.98 Å². The molecule has 0 atom stereocenters. The average Bonchev–Trinajstić information content (AvgIpc) is 3.39. The number of anilines is 2. The molecule has 4 rings (SSSR count). The summed E-state index contributed by atoms with van der Waals surface area (Å²) in [5.41, 5.74) is 2.44. The van der Waals surface area contributed by atoms with E-state index in [1.165, 1.54) is 16.2 Å². The molecule has 0 spiro atoms. The maximum absolute atomic E-state index is 12.6. The summed E-state index contributed by atoms with van der Waals surface area (Å²) in [5.74, 6) is -0.657. The number of carbonyl (C=O) groups excluding carboxylic acids is 3. The van der Waals surface area contributed by atoms with Crippen molar-refractivity contribution >= 4 is 50.2 Å². The first-order valence-electron chi connectivity index (χ1n) is 10.3. The molecule has 0 unspecified atom stereocenters. The number of thiazole rings is 1. The minimum Gasteiger partial charge on any atom is -0.455 e. The summed E-state index contributed by atoms with van der Waals surface area (Å²) in [7, 11) is 0. The van der Waals surface area contributed by atoms with Crippen molar-refractivity contribution in [1.82, 2.24) is 4.98 Å². The van der Waals surface area contributed by atoms with E-state index < -0.39 is 5.97 Å². The summed E-state index contributed by atoms with van der Waals surface area (Å²) in [4.78, 5) is 44.4. The van der Waals surface area contributed by atoms with Crippen LogP contribution in [0.2, 0.25) is 0 Å². The van der Waals surface area contributed by atoms with E-state index in [1.807, 2.05) is 55.5 Å². The number of para-hydroxylation sites is 1. The highest BCUT2D eigenvalue weighted by Crippen LogP contribution is 2.28. The molecule has 8 heteroatoms. The first-order valence-corrected chi connectivity index (χ1v) is 11.1. The number of rotatable bonds is 7. The Kier molecular flexibility index (Phi) is 6.27. The number of likely N-dealkylation sites (N-methyl/N-ethyl adjacent to an activating group) is 1. The van der Waals surface area contributed by atoms with Crippen LogP contribution >= 0.6 is 11.3 Å². The zero-order chi connectivity index (χ0) is 21.8. The lowest BCUT2D eigenvalue weighted by atomic mass is 10.1. The topological polar surface area (TPSA) is 79.8 Å². The van der Waals surface area contributed by atoms with Crippen LogP contribution in [0.4, 0.5) is 10.8 Å². The van der Waals surface area contributed by atoms with E-state index >= 15 is 0 Å². The number of benzene rings is 2. The smallest absolute Gasteiger partial charge is 0.310 e. The third kappa shape index (κ3) is 4.74. The van der Waals surface area contributed by atoms with Gasteiger partial charge in [0.1, 0.15) is 0 Å². The number of hydrogen-bond donors (Lipinski definition) is 0. The van der Waals surface area contributed by atoms with Crippen LogP contribution in [0, 0.1) is 0 Å². The predicted octanol–water partition coefficient (Wildman–Crippen LogP) is 3.56. The minimum atomic E-state index is -0.473. The van der Waals surface area contributed by atoms with Gasteiger partial charge in [-0.15, -0.1) is 0 Å². The number of fused-ring (bicyclic) bond motifs is 1. The van der Waals surface area contributed by atoms with Gasteiger partial charge in [0.15, 0.2) is 11.7 Å². The number of hydrogen-bond acceptors (Lipinski definition) is 6. The number of nitrogens with zero attached hydrogens (tertiary/aromatic N) is 3. The van der Waals surface area contributed by atoms with Crippen LogP contribution in [0.25, 0.3) is 10.2 Å². The Hall–Kier alpha value is -3.26. The number of aromatic nitrogens is 1. The summed E-state index contributed by atoms with van der Waals surface area (Å²) in [6, 6.07) is 15.0. The first kappa shape index (κ1) is 21.0. The maximum atomic E-state index is 12.6. The zero-order valence-electron chi connectivity index (χ0n) is 17.2. The lowest BCUT2D eigenvalue weighted by Gasteiger charge is -2.17. The Balaban J connectivity index is 1.32. The fourth-order valence-corrected chi connectivity index (χ4v) is 4.59. The molecule has 31 heavy (non-hydrogen) atoms. The summed E-state index contributed by atoms with van der Waals surface area (Å²) < 4.78 is 6.22. The van der Waals surface area contributed by atoms with Gasteiger partial charge in [0.05, 0.1) is 16.6 Å². The molecule has 3 aromatic rings. The largest absolute Gasteiger partial charge is 0.455 e. The monoisotopic (exact) mass is 437 g/mol. The summed E-state index contributed by atoms with van der Waals surface area (Å²) >= 11 is 1.43. The summed E-state index contributed by atoms with van der Waals surface area (Å²) in [5, 5.41) is 0.594. The molecule has 2 aromatic carbocycles. The molecule has 1 aliphatic rings. The van der Waals surface area contributed by atoms with E-state index in [0.29, 0.717) is 18.1 Å². The van der Waals surface area contributed by atoms with Crippen LogP contribution < -0.4 is 9.80 Å². The van der Waals surface area contributed by atoms with Crippen LogP contribution in [0.5, 0.6) is 0 Å². The Morgan fingerprint density at radius 1 is 1.16 bits per heavy atom. The van der Waals surface area contributed by atoms with E-state index in [2.05, 4.69) is 4.98 Å². The molecule has 2 amide bonds. The highest BCUT2D eigenvalue weighted by atomic mass is 32.1. The predicted molar refractivity (Wildman–Crippen MR) is 120 cm³/mol. The van der Waals surface area contributed by atoms with Gasteiger partial charge in [-0.05, 0) is 43.2 Å². The second kappa shape index (κ2) is 9.26. The second-order valence-corrected chi connectivity index (χ2v) is 8.26. The molecule has 1 aromatic heterocycles. The quantitative estimate of drug-likeness (QED) is 0.528. The van der Waals surface area contributed by atoms with Crippen LogP contribution in [-0.4, -0.2) is 42.5 Å². The number of amides is 2. The molecule has 160 valence electrons. The zero-order valence-corrected chi connectivity index (χ0v) is 18.1. The van der Waals surface area contributed by atoms with Crippen molar-refractivity contribution in [3.8, 4) is 0 Å².